The number of nitrogens with zero attached hydrogens (tertiary/aromatic N) is 4. The number of aryl methyl sites for hydroxylation is 1. The highest BCUT2D eigenvalue weighted by atomic mass is 79.9. The SMILES string of the molecule is Cn1c(=O)c2[nH]c(-c3ccncc3Br)nc2n(C)c1=O. The molecule has 0 aliphatic rings. The van der Waals surface area contributed by atoms with Gasteiger partial charge in [-0.15, -0.1) is 0 Å². The molecule has 1 N–H and O–H groups in total. The molecule has 0 amide bonds. The number of hydrogen-bond acceptors (Lipinski definition) is 4. The smallest absolute Gasteiger partial charge is 0.332 e. The zero-order chi connectivity index (χ0) is 14.4. The molecule has 0 radical (unpaired) electrons. The number of pyridine rings is 1. The largest absolute Gasteiger partial charge is 0.332 e. The molecular formula is C12H10BrN5O2. The molecule has 3 aromatic heterocycles. The number of halogens is 1. The number of aromatic amines is 1. The van der Waals surface area contributed by atoms with Gasteiger partial charge in [-0.05, 0) is 22.0 Å². The van der Waals surface area contributed by atoms with E-state index in [1.807, 2.05) is 0 Å². The summed E-state index contributed by atoms with van der Waals surface area (Å²) < 4.78 is 3.14. The van der Waals surface area contributed by atoms with Gasteiger partial charge in [-0.25, -0.2) is 9.78 Å². The molecule has 0 aliphatic heterocycles. The van der Waals surface area contributed by atoms with E-state index in [0.29, 0.717) is 17.0 Å². The molecule has 3 heterocycles. The third-order valence-electron chi connectivity index (χ3n) is 3.12. The van der Waals surface area contributed by atoms with Crippen molar-refractivity contribution in [2.24, 2.45) is 14.1 Å². The van der Waals surface area contributed by atoms with Crippen molar-refractivity contribution < 1.29 is 0 Å². The maximum atomic E-state index is 12.1. The Morgan fingerprint density at radius 1 is 1.25 bits per heavy atom. The van der Waals surface area contributed by atoms with E-state index in [1.54, 1.807) is 25.5 Å². The summed E-state index contributed by atoms with van der Waals surface area (Å²) >= 11 is 3.38. The molecule has 0 aliphatic carbocycles. The van der Waals surface area contributed by atoms with Gasteiger partial charge in [0.05, 0.1) is 0 Å². The number of H-pyrrole nitrogens is 1. The number of rotatable bonds is 1. The summed E-state index contributed by atoms with van der Waals surface area (Å²) in [7, 11) is 3.02. The Morgan fingerprint density at radius 3 is 2.70 bits per heavy atom. The molecule has 3 aromatic rings. The molecule has 0 fully saturated rings. The van der Waals surface area contributed by atoms with Crippen molar-refractivity contribution in [2.45, 2.75) is 0 Å². The Balaban J connectivity index is 2.41. The summed E-state index contributed by atoms with van der Waals surface area (Å²) in [5, 5.41) is 0. The highest BCUT2D eigenvalue weighted by Crippen LogP contribution is 2.25. The van der Waals surface area contributed by atoms with E-state index >= 15 is 0 Å². The van der Waals surface area contributed by atoms with Crippen molar-refractivity contribution in [1.29, 1.82) is 0 Å². The van der Waals surface area contributed by atoms with Crippen molar-refractivity contribution in [3.05, 3.63) is 43.8 Å². The fourth-order valence-corrected chi connectivity index (χ4v) is 2.46. The molecule has 3 rings (SSSR count). The highest BCUT2D eigenvalue weighted by molar-refractivity contribution is 9.10. The molecule has 7 nitrogen and oxygen atoms in total. The molecule has 0 saturated heterocycles. The lowest BCUT2D eigenvalue weighted by Gasteiger charge is -2.00. The van der Waals surface area contributed by atoms with Crippen molar-refractivity contribution in [1.82, 2.24) is 24.1 Å². The van der Waals surface area contributed by atoms with Gasteiger partial charge in [0.15, 0.2) is 5.65 Å². The first-order chi connectivity index (χ1) is 9.50. The summed E-state index contributed by atoms with van der Waals surface area (Å²) in [6.45, 7) is 0. The topological polar surface area (TPSA) is 85.6 Å². The lowest BCUT2D eigenvalue weighted by Crippen LogP contribution is -2.36. The summed E-state index contributed by atoms with van der Waals surface area (Å²) in [5.74, 6) is 0.507. The lowest BCUT2D eigenvalue weighted by atomic mass is 10.2. The molecule has 20 heavy (non-hydrogen) atoms. The van der Waals surface area contributed by atoms with Crippen LogP contribution in [-0.2, 0) is 14.1 Å². The fourth-order valence-electron chi connectivity index (χ4n) is 2.02. The third kappa shape index (κ3) is 1.72. The lowest BCUT2D eigenvalue weighted by molar-refractivity contribution is 0.709. The molecular weight excluding hydrogens is 326 g/mol. The van der Waals surface area contributed by atoms with Crippen LogP contribution in [0, 0.1) is 0 Å². The van der Waals surface area contributed by atoms with Crippen molar-refractivity contribution >= 4 is 27.1 Å². The van der Waals surface area contributed by atoms with Gasteiger partial charge in [-0.3, -0.25) is 18.9 Å². The van der Waals surface area contributed by atoms with Crippen LogP contribution in [0.15, 0.2) is 32.5 Å². The van der Waals surface area contributed by atoms with E-state index in [1.165, 1.54) is 11.6 Å². The van der Waals surface area contributed by atoms with Gasteiger partial charge in [0.25, 0.3) is 5.56 Å². The minimum absolute atomic E-state index is 0.299. The first-order valence-electron chi connectivity index (χ1n) is 5.76. The van der Waals surface area contributed by atoms with E-state index in [-0.39, 0.29) is 0 Å². The van der Waals surface area contributed by atoms with Crippen LogP contribution in [0.2, 0.25) is 0 Å². The van der Waals surface area contributed by atoms with Gasteiger partial charge in [-0.1, -0.05) is 0 Å². The predicted octanol–water partition coefficient (Wildman–Crippen LogP) is 0.785. The average Bonchev–Trinajstić information content (AvgIpc) is 2.88. The van der Waals surface area contributed by atoms with Crippen LogP contribution in [0.3, 0.4) is 0 Å². The Bertz CT molecular complexity index is 937. The Labute approximate surface area is 121 Å². The average molecular weight is 336 g/mol. The zero-order valence-electron chi connectivity index (χ0n) is 10.7. The highest BCUT2D eigenvalue weighted by Gasteiger charge is 2.15. The maximum Gasteiger partial charge on any atom is 0.332 e. The van der Waals surface area contributed by atoms with Crippen LogP contribution >= 0.6 is 15.9 Å². The van der Waals surface area contributed by atoms with Gasteiger partial charge < -0.3 is 4.98 Å². The van der Waals surface area contributed by atoms with Crippen LogP contribution < -0.4 is 11.2 Å². The van der Waals surface area contributed by atoms with Gasteiger partial charge in [0, 0.05) is 36.5 Å². The number of hydrogen-bond donors (Lipinski definition) is 1. The maximum absolute atomic E-state index is 12.1. The van der Waals surface area contributed by atoms with Crippen molar-refractivity contribution in [3.8, 4) is 11.4 Å². The number of imidazole rings is 1. The minimum Gasteiger partial charge on any atom is -0.332 e. The number of nitrogens with one attached hydrogen (secondary N) is 1. The molecule has 8 heteroatoms. The van der Waals surface area contributed by atoms with E-state index in [0.717, 1.165) is 14.6 Å². The monoisotopic (exact) mass is 335 g/mol. The molecule has 0 spiro atoms. The summed E-state index contributed by atoms with van der Waals surface area (Å²) in [5.41, 5.74) is 0.595. The molecule has 102 valence electrons. The standard InChI is InChI=1S/C12H10BrN5O2/c1-17-10-8(11(19)18(2)12(17)20)15-9(16-10)6-3-4-14-5-7(6)13/h3-5H,1-2H3,(H,15,16). The minimum atomic E-state index is -0.408. The number of aromatic nitrogens is 5. The van der Waals surface area contributed by atoms with Crippen LogP contribution in [0.25, 0.3) is 22.6 Å². The first-order valence-corrected chi connectivity index (χ1v) is 6.55. The van der Waals surface area contributed by atoms with Gasteiger partial charge in [0.2, 0.25) is 0 Å². The van der Waals surface area contributed by atoms with Crippen LogP contribution in [0.4, 0.5) is 0 Å². The second kappa shape index (κ2) is 4.41. The molecule has 0 unspecified atom stereocenters. The summed E-state index contributed by atoms with van der Waals surface area (Å²) in [6.07, 6.45) is 3.27. The van der Waals surface area contributed by atoms with Crippen LogP contribution in [0.1, 0.15) is 0 Å². The van der Waals surface area contributed by atoms with Gasteiger partial charge in [-0.2, -0.15) is 0 Å². The predicted molar refractivity (Wildman–Crippen MR) is 77.5 cm³/mol. The molecule has 0 bridgehead atoms. The zero-order valence-corrected chi connectivity index (χ0v) is 12.3. The third-order valence-corrected chi connectivity index (χ3v) is 3.75. The fraction of sp³-hybridized carbons (Fsp3) is 0.167. The normalized spacial score (nSPS) is 11.2. The Hall–Kier alpha value is -2.22. The van der Waals surface area contributed by atoms with Crippen LogP contribution in [0.5, 0.6) is 0 Å². The molecule has 0 atom stereocenters. The van der Waals surface area contributed by atoms with Crippen molar-refractivity contribution in [3.63, 3.8) is 0 Å². The molecule has 0 aromatic carbocycles. The van der Waals surface area contributed by atoms with E-state index in [9.17, 15) is 9.59 Å². The second-order valence-corrected chi connectivity index (χ2v) is 5.20. The van der Waals surface area contributed by atoms with E-state index < -0.39 is 11.2 Å². The quantitative estimate of drug-likeness (QED) is 0.712. The van der Waals surface area contributed by atoms with Gasteiger partial charge >= 0.3 is 5.69 Å². The van der Waals surface area contributed by atoms with Crippen molar-refractivity contribution in [2.75, 3.05) is 0 Å². The molecule has 0 saturated carbocycles. The summed E-state index contributed by atoms with van der Waals surface area (Å²) in [6, 6.07) is 1.77. The van der Waals surface area contributed by atoms with Gasteiger partial charge in [0.1, 0.15) is 11.3 Å². The van der Waals surface area contributed by atoms with E-state index in [4.69, 9.17) is 0 Å². The Morgan fingerprint density at radius 2 is 2.00 bits per heavy atom. The first kappa shape index (κ1) is 12.8. The second-order valence-electron chi connectivity index (χ2n) is 4.35. The Kier molecular flexibility index (Phi) is 2.82. The van der Waals surface area contributed by atoms with E-state index in [2.05, 4.69) is 30.9 Å². The number of fused-ring (bicyclic) bond motifs is 1. The summed E-state index contributed by atoms with van der Waals surface area (Å²) in [4.78, 5) is 35.2. The van der Waals surface area contributed by atoms with Crippen LogP contribution in [-0.4, -0.2) is 24.1 Å².